The fourth-order valence-electron chi connectivity index (χ4n) is 1.41. The first-order chi connectivity index (χ1) is 8.78. The maximum atomic E-state index is 11.4. The number of nitrogens with zero attached hydrogens (tertiary/aromatic N) is 1. The monoisotopic (exact) mass is 491 g/mol. The molecule has 0 bridgehead atoms. The van der Waals surface area contributed by atoms with Gasteiger partial charge in [-0.25, -0.2) is 9.78 Å². The summed E-state index contributed by atoms with van der Waals surface area (Å²) in [5, 5.41) is 2.75. The van der Waals surface area contributed by atoms with Crippen LogP contribution >= 0.6 is 45.2 Å². The van der Waals surface area contributed by atoms with Gasteiger partial charge in [-0.2, -0.15) is 0 Å². The third-order valence-corrected chi connectivity index (χ3v) is 4.77. The van der Waals surface area contributed by atoms with Gasteiger partial charge in [0.2, 0.25) is 0 Å². The molecule has 7 heteroatoms. The van der Waals surface area contributed by atoms with Gasteiger partial charge in [0.05, 0.1) is 0 Å². The molecule has 0 radical (unpaired) electrons. The highest BCUT2D eigenvalue weighted by Gasteiger charge is 2.15. The molecular weight excluding hydrogens is 472 g/mol. The maximum Gasteiger partial charge on any atom is 0.407 e. The van der Waals surface area contributed by atoms with E-state index in [-0.39, 0.29) is 6.09 Å². The van der Waals surface area contributed by atoms with Crippen LogP contribution in [0.3, 0.4) is 0 Å². The van der Waals surface area contributed by atoms with Crippen LogP contribution in [-0.2, 0) is 11.2 Å². The number of aromatic nitrogens is 2. The topological polar surface area (TPSA) is 67.0 Å². The summed E-state index contributed by atoms with van der Waals surface area (Å²) in [4.78, 5) is 19.0. The quantitative estimate of drug-likeness (QED) is 0.490. The van der Waals surface area contributed by atoms with Crippen LogP contribution in [0.5, 0.6) is 0 Å². The number of rotatable bonds is 5. The number of hydrogen-bond acceptors (Lipinski definition) is 3. The summed E-state index contributed by atoms with van der Waals surface area (Å²) in [6.45, 7) is 6.19. The molecule has 0 saturated carbocycles. The van der Waals surface area contributed by atoms with Gasteiger partial charge in [0.1, 0.15) is 18.8 Å². The van der Waals surface area contributed by atoms with Crippen LogP contribution in [0.1, 0.15) is 39.4 Å². The molecule has 1 heterocycles. The number of unbranched alkanes of at least 4 members (excludes halogenated alkanes) is 1. The van der Waals surface area contributed by atoms with Crippen molar-refractivity contribution in [1.29, 1.82) is 0 Å². The first-order valence-electron chi connectivity index (χ1n) is 6.14. The molecule has 0 aliphatic rings. The van der Waals surface area contributed by atoms with E-state index in [1.807, 2.05) is 20.8 Å². The maximum absolute atomic E-state index is 11.4. The second kappa shape index (κ2) is 7.65. The number of imidazole rings is 1. The lowest BCUT2D eigenvalue weighted by molar-refractivity contribution is 0.0527. The molecule has 0 aliphatic carbocycles. The molecule has 0 atom stereocenters. The fraction of sp³-hybridized carbons (Fsp3) is 0.667. The summed E-state index contributed by atoms with van der Waals surface area (Å²) in [5.41, 5.74) is -0.439. The standard InChI is InChI=1S/C12H19I2N3O2/c1-12(2,3)19-11(18)15-7-5-4-6-8-16-9(13)10(14)17-8/h4-7H2,1-3H3,(H,15,18)(H,16,17). The summed E-state index contributed by atoms with van der Waals surface area (Å²) in [6, 6.07) is 0. The minimum Gasteiger partial charge on any atom is -0.444 e. The van der Waals surface area contributed by atoms with Crippen molar-refractivity contribution < 1.29 is 9.53 Å². The molecule has 0 spiro atoms. The molecule has 2 N–H and O–H groups in total. The van der Waals surface area contributed by atoms with Crippen LogP contribution < -0.4 is 5.32 Å². The van der Waals surface area contributed by atoms with Crippen molar-refractivity contribution in [1.82, 2.24) is 15.3 Å². The number of ether oxygens (including phenoxy) is 1. The van der Waals surface area contributed by atoms with Crippen LogP contribution in [0.4, 0.5) is 4.79 Å². The first kappa shape index (κ1) is 17.0. The van der Waals surface area contributed by atoms with Gasteiger partial charge in [-0.15, -0.1) is 0 Å². The van der Waals surface area contributed by atoms with E-state index < -0.39 is 5.60 Å². The molecule has 0 aliphatic heterocycles. The molecule has 1 rings (SSSR count). The molecule has 108 valence electrons. The van der Waals surface area contributed by atoms with E-state index >= 15 is 0 Å². The van der Waals surface area contributed by atoms with Gasteiger partial charge >= 0.3 is 6.09 Å². The number of carbonyl (C=O) groups excluding carboxylic acids is 1. The van der Waals surface area contributed by atoms with Crippen LogP contribution in [0.2, 0.25) is 0 Å². The molecule has 1 amide bonds. The number of nitrogens with one attached hydrogen (secondary N) is 2. The lowest BCUT2D eigenvalue weighted by Gasteiger charge is -2.19. The minimum absolute atomic E-state index is 0.352. The van der Waals surface area contributed by atoms with Crippen molar-refractivity contribution in [3.8, 4) is 0 Å². The molecular formula is C12H19I2N3O2. The van der Waals surface area contributed by atoms with E-state index in [0.29, 0.717) is 6.54 Å². The fourth-order valence-corrected chi connectivity index (χ4v) is 2.27. The number of alkyl carbamates (subject to hydrolysis) is 1. The zero-order valence-corrected chi connectivity index (χ0v) is 15.7. The smallest absolute Gasteiger partial charge is 0.407 e. The van der Waals surface area contributed by atoms with Gasteiger partial charge in [0.15, 0.2) is 0 Å². The Kier molecular flexibility index (Phi) is 6.84. The van der Waals surface area contributed by atoms with E-state index in [4.69, 9.17) is 4.74 Å². The molecule has 1 aromatic heterocycles. The van der Waals surface area contributed by atoms with Crippen molar-refractivity contribution >= 4 is 51.3 Å². The summed E-state index contributed by atoms with van der Waals surface area (Å²) < 4.78 is 7.25. The average molecular weight is 491 g/mol. The molecule has 0 saturated heterocycles. The Bertz CT molecular complexity index is 408. The predicted octanol–water partition coefficient (Wildman–Crippen LogP) is 3.47. The normalized spacial score (nSPS) is 11.4. The van der Waals surface area contributed by atoms with Crippen LogP contribution in [0.25, 0.3) is 0 Å². The lowest BCUT2D eigenvalue weighted by atomic mass is 10.2. The molecule has 0 fully saturated rings. The molecule has 0 aromatic carbocycles. The predicted molar refractivity (Wildman–Crippen MR) is 91.2 cm³/mol. The Morgan fingerprint density at radius 3 is 2.58 bits per heavy atom. The molecule has 1 aromatic rings. The zero-order valence-electron chi connectivity index (χ0n) is 11.3. The largest absolute Gasteiger partial charge is 0.444 e. The van der Waals surface area contributed by atoms with Gasteiger partial charge < -0.3 is 15.0 Å². The molecule has 5 nitrogen and oxygen atoms in total. The highest BCUT2D eigenvalue weighted by atomic mass is 127. The van der Waals surface area contributed by atoms with Gasteiger partial charge in [0.25, 0.3) is 0 Å². The number of carbonyl (C=O) groups is 1. The second-order valence-electron chi connectivity index (χ2n) is 5.17. The summed E-state index contributed by atoms with van der Waals surface area (Å²) in [5.74, 6) is 1.01. The number of H-pyrrole nitrogens is 1. The summed E-state index contributed by atoms with van der Waals surface area (Å²) in [6.07, 6.45) is 2.44. The van der Waals surface area contributed by atoms with Gasteiger partial charge in [-0.1, -0.05) is 0 Å². The van der Waals surface area contributed by atoms with Crippen molar-refractivity contribution in [3.63, 3.8) is 0 Å². The molecule has 0 unspecified atom stereocenters. The van der Waals surface area contributed by atoms with E-state index in [1.54, 1.807) is 0 Å². The van der Waals surface area contributed by atoms with Crippen molar-refractivity contribution in [2.45, 2.75) is 45.6 Å². The summed E-state index contributed by atoms with van der Waals surface area (Å²) in [7, 11) is 0. The third-order valence-electron chi connectivity index (χ3n) is 2.18. The Morgan fingerprint density at radius 1 is 1.37 bits per heavy atom. The molecule has 19 heavy (non-hydrogen) atoms. The third kappa shape index (κ3) is 7.33. The van der Waals surface area contributed by atoms with E-state index in [1.165, 1.54) is 0 Å². The van der Waals surface area contributed by atoms with Gasteiger partial charge in [0, 0.05) is 13.0 Å². The second-order valence-corrected chi connectivity index (χ2v) is 7.27. The minimum atomic E-state index is -0.439. The van der Waals surface area contributed by atoms with Gasteiger partial charge in [-0.3, -0.25) is 0 Å². The number of amides is 1. The lowest BCUT2D eigenvalue weighted by Crippen LogP contribution is -2.33. The van der Waals surface area contributed by atoms with Crippen molar-refractivity contribution in [3.05, 3.63) is 13.2 Å². The zero-order chi connectivity index (χ0) is 14.5. The number of halogens is 2. The Hall–Kier alpha value is -0.0600. The number of aromatic amines is 1. The number of aryl methyl sites for hydroxylation is 1. The van der Waals surface area contributed by atoms with Crippen molar-refractivity contribution in [2.75, 3.05) is 6.54 Å². The van der Waals surface area contributed by atoms with Crippen molar-refractivity contribution in [2.24, 2.45) is 0 Å². The first-order valence-corrected chi connectivity index (χ1v) is 8.30. The van der Waals surface area contributed by atoms with E-state index in [2.05, 4.69) is 60.5 Å². The SMILES string of the molecule is CC(C)(C)OC(=O)NCCCCc1nc(I)c(I)[nH]1. The Labute approximate surface area is 140 Å². The van der Waals surface area contributed by atoms with E-state index in [0.717, 1.165) is 32.5 Å². The Balaban J connectivity index is 2.13. The van der Waals surface area contributed by atoms with E-state index in [9.17, 15) is 4.79 Å². The highest BCUT2D eigenvalue weighted by molar-refractivity contribution is 14.1. The van der Waals surface area contributed by atoms with Crippen LogP contribution in [0, 0.1) is 7.40 Å². The Morgan fingerprint density at radius 2 is 2.05 bits per heavy atom. The number of hydrogen-bond donors (Lipinski definition) is 2. The average Bonchev–Trinajstić information content (AvgIpc) is 2.55. The van der Waals surface area contributed by atoms with Gasteiger partial charge in [-0.05, 0) is 78.8 Å². The van der Waals surface area contributed by atoms with Crippen LogP contribution in [0.15, 0.2) is 0 Å². The van der Waals surface area contributed by atoms with Crippen LogP contribution in [-0.4, -0.2) is 28.2 Å². The highest BCUT2D eigenvalue weighted by Crippen LogP contribution is 2.12. The summed E-state index contributed by atoms with van der Waals surface area (Å²) >= 11 is 4.45.